The van der Waals surface area contributed by atoms with Gasteiger partial charge in [0.15, 0.2) is 0 Å². The maximum atomic E-state index is 12.8. The van der Waals surface area contributed by atoms with Gasteiger partial charge in [-0.05, 0) is 43.3 Å². The minimum atomic E-state index is -4.56. The highest BCUT2D eigenvalue weighted by Gasteiger charge is 2.35. The topological polar surface area (TPSA) is 48.4 Å². The minimum absolute atomic E-state index is 0.136. The third-order valence-corrected chi connectivity index (χ3v) is 2.66. The third kappa shape index (κ3) is 3.75. The molecule has 7 heteroatoms. The van der Waals surface area contributed by atoms with Crippen molar-refractivity contribution < 1.29 is 27.4 Å². The SMILES string of the molecule is CCOC(=O)c1ccc(Oc2ncccc2C(F)(F)F)cc1. The maximum absolute atomic E-state index is 12.8. The molecular weight excluding hydrogens is 299 g/mol. The Morgan fingerprint density at radius 2 is 1.86 bits per heavy atom. The van der Waals surface area contributed by atoms with Crippen molar-refractivity contribution in [2.45, 2.75) is 13.1 Å². The lowest BCUT2D eigenvalue weighted by Gasteiger charge is -2.12. The molecule has 0 bridgehead atoms. The van der Waals surface area contributed by atoms with Gasteiger partial charge < -0.3 is 9.47 Å². The Morgan fingerprint density at radius 3 is 2.45 bits per heavy atom. The fraction of sp³-hybridized carbons (Fsp3) is 0.200. The van der Waals surface area contributed by atoms with E-state index in [4.69, 9.17) is 9.47 Å². The molecule has 1 aromatic carbocycles. The number of hydrogen-bond acceptors (Lipinski definition) is 4. The first-order chi connectivity index (χ1) is 10.4. The van der Waals surface area contributed by atoms with Gasteiger partial charge in [0.05, 0.1) is 12.2 Å². The minimum Gasteiger partial charge on any atom is -0.462 e. The second-order valence-electron chi connectivity index (χ2n) is 4.20. The summed E-state index contributed by atoms with van der Waals surface area (Å²) in [5.74, 6) is -0.918. The summed E-state index contributed by atoms with van der Waals surface area (Å²) in [5.41, 5.74) is -0.685. The number of nitrogens with zero attached hydrogens (tertiary/aromatic N) is 1. The van der Waals surface area contributed by atoms with Gasteiger partial charge in [-0.3, -0.25) is 0 Å². The van der Waals surface area contributed by atoms with Gasteiger partial charge >= 0.3 is 12.1 Å². The summed E-state index contributed by atoms with van der Waals surface area (Å²) in [6.45, 7) is 1.91. The first kappa shape index (κ1) is 15.8. The molecule has 0 saturated carbocycles. The van der Waals surface area contributed by atoms with Crippen LogP contribution < -0.4 is 4.74 Å². The number of alkyl halides is 3. The number of carbonyl (C=O) groups excluding carboxylic acids is 1. The highest BCUT2D eigenvalue weighted by Crippen LogP contribution is 2.36. The molecule has 2 aromatic rings. The Kier molecular flexibility index (Phi) is 4.65. The van der Waals surface area contributed by atoms with Crippen LogP contribution in [0.1, 0.15) is 22.8 Å². The molecule has 2 rings (SSSR count). The molecule has 0 aliphatic heterocycles. The molecule has 0 aliphatic carbocycles. The molecule has 0 spiro atoms. The molecule has 0 fully saturated rings. The lowest BCUT2D eigenvalue weighted by molar-refractivity contribution is -0.138. The van der Waals surface area contributed by atoms with Gasteiger partial charge in [0.25, 0.3) is 0 Å². The molecule has 0 radical (unpaired) electrons. The number of rotatable bonds is 4. The molecule has 116 valence electrons. The molecule has 1 aromatic heterocycles. The van der Waals surface area contributed by atoms with Crippen LogP contribution in [0.5, 0.6) is 11.6 Å². The van der Waals surface area contributed by atoms with Crippen LogP contribution in [0, 0.1) is 0 Å². The quantitative estimate of drug-likeness (QED) is 0.799. The summed E-state index contributed by atoms with van der Waals surface area (Å²) >= 11 is 0. The summed E-state index contributed by atoms with van der Waals surface area (Å²) in [5, 5.41) is 0. The molecule has 0 saturated heterocycles. The van der Waals surface area contributed by atoms with Gasteiger partial charge in [-0.2, -0.15) is 13.2 Å². The van der Waals surface area contributed by atoms with E-state index in [0.717, 1.165) is 6.07 Å². The summed E-state index contributed by atoms with van der Waals surface area (Å²) < 4.78 is 48.4. The average molecular weight is 311 g/mol. The van der Waals surface area contributed by atoms with Crippen molar-refractivity contribution in [2.24, 2.45) is 0 Å². The Balaban J connectivity index is 2.20. The van der Waals surface area contributed by atoms with Crippen molar-refractivity contribution in [2.75, 3.05) is 6.61 Å². The zero-order chi connectivity index (χ0) is 16.2. The molecule has 0 atom stereocenters. The van der Waals surface area contributed by atoms with Crippen LogP contribution >= 0.6 is 0 Å². The van der Waals surface area contributed by atoms with E-state index in [0.29, 0.717) is 0 Å². The van der Waals surface area contributed by atoms with Crippen molar-refractivity contribution in [3.05, 3.63) is 53.7 Å². The normalized spacial score (nSPS) is 11.1. The van der Waals surface area contributed by atoms with Gasteiger partial charge in [0, 0.05) is 6.20 Å². The number of benzene rings is 1. The van der Waals surface area contributed by atoms with Crippen molar-refractivity contribution in [3.8, 4) is 11.6 Å². The standard InChI is InChI=1S/C15H12F3NO3/c1-2-21-14(20)10-5-7-11(8-6-10)22-13-12(15(16,17)18)4-3-9-19-13/h3-9H,2H2,1H3. The van der Waals surface area contributed by atoms with Gasteiger partial charge in [-0.1, -0.05) is 0 Å². The predicted molar refractivity (Wildman–Crippen MR) is 71.7 cm³/mol. The second kappa shape index (κ2) is 6.46. The van der Waals surface area contributed by atoms with E-state index >= 15 is 0 Å². The van der Waals surface area contributed by atoms with Gasteiger partial charge in [-0.25, -0.2) is 9.78 Å². The van der Waals surface area contributed by atoms with Crippen molar-refractivity contribution in [3.63, 3.8) is 0 Å². The molecular formula is C15H12F3NO3. The van der Waals surface area contributed by atoms with Crippen LogP contribution in [-0.2, 0) is 10.9 Å². The highest BCUT2D eigenvalue weighted by atomic mass is 19.4. The smallest absolute Gasteiger partial charge is 0.421 e. The van der Waals surface area contributed by atoms with Crippen LogP contribution in [-0.4, -0.2) is 17.6 Å². The van der Waals surface area contributed by atoms with Crippen molar-refractivity contribution >= 4 is 5.97 Å². The van der Waals surface area contributed by atoms with Gasteiger partial charge in [0.2, 0.25) is 5.88 Å². The lowest BCUT2D eigenvalue weighted by atomic mass is 10.2. The van der Waals surface area contributed by atoms with Crippen LogP contribution in [0.15, 0.2) is 42.6 Å². The van der Waals surface area contributed by atoms with Crippen LogP contribution in [0.25, 0.3) is 0 Å². The monoisotopic (exact) mass is 311 g/mol. The molecule has 22 heavy (non-hydrogen) atoms. The van der Waals surface area contributed by atoms with E-state index in [-0.39, 0.29) is 17.9 Å². The molecule has 0 aliphatic rings. The van der Waals surface area contributed by atoms with Crippen LogP contribution in [0.3, 0.4) is 0 Å². The third-order valence-electron chi connectivity index (χ3n) is 2.66. The summed E-state index contributed by atoms with van der Waals surface area (Å²) in [6.07, 6.45) is -3.36. The Hall–Kier alpha value is -2.57. The number of aromatic nitrogens is 1. The van der Waals surface area contributed by atoms with Gasteiger partial charge in [0.1, 0.15) is 11.3 Å². The molecule has 0 N–H and O–H groups in total. The van der Waals surface area contributed by atoms with E-state index < -0.39 is 23.6 Å². The second-order valence-corrected chi connectivity index (χ2v) is 4.20. The molecule has 0 amide bonds. The number of carbonyl (C=O) groups is 1. The molecule has 1 heterocycles. The summed E-state index contributed by atoms with van der Waals surface area (Å²) in [4.78, 5) is 15.1. The average Bonchev–Trinajstić information content (AvgIpc) is 2.48. The molecule has 0 unspecified atom stereocenters. The fourth-order valence-electron chi connectivity index (χ4n) is 1.67. The van der Waals surface area contributed by atoms with Gasteiger partial charge in [-0.15, -0.1) is 0 Å². The van der Waals surface area contributed by atoms with E-state index in [1.807, 2.05) is 0 Å². The predicted octanol–water partition coefficient (Wildman–Crippen LogP) is 4.07. The first-order valence-electron chi connectivity index (χ1n) is 6.39. The molecule has 4 nitrogen and oxygen atoms in total. The number of halogens is 3. The van der Waals surface area contributed by atoms with Crippen molar-refractivity contribution in [1.29, 1.82) is 0 Å². The van der Waals surface area contributed by atoms with E-state index in [1.165, 1.54) is 36.5 Å². The van der Waals surface area contributed by atoms with E-state index in [2.05, 4.69) is 4.98 Å². The summed E-state index contributed by atoms with van der Waals surface area (Å²) in [6, 6.07) is 7.63. The van der Waals surface area contributed by atoms with E-state index in [1.54, 1.807) is 6.92 Å². The number of esters is 1. The zero-order valence-electron chi connectivity index (χ0n) is 11.6. The lowest BCUT2D eigenvalue weighted by Crippen LogP contribution is -2.08. The summed E-state index contributed by atoms with van der Waals surface area (Å²) in [7, 11) is 0. The Bertz CT molecular complexity index is 654. The fourth-order valence-corrected chi connectivity index (χ4v) is 1.67. The van der Waals surface area contributed by atoms with Crippen LogP contribution in [0.2, 0.25) is 0 Å². The maximum Gasteiger partial charge on any atom is 0.421 e. The van der Waals surface area contributed by atoms with E-state index in [9.17, 15) is 18.0 Å². The first-order valence-corrected chi connectivity index (χ1v) is 6.39. The number of pyridine rings is 1. The Labute approximate surface area is 124 Å². The highest BCUT2D eigenvalue weighted by molar-refractivity contribution is 5.89. The Morgan fingerprint density at radius 1 is 1.18 bits per heavy atom. The number of ether oxygens (including phenoxy) is 2. The zero-order valence-corrected chi connectivity index (χ0v) is 11.6. The van der Waals surface area contributed by atoms with Crippen molar-refractivity contribution in [1.82, 2.24) is 4.98 Å². The largest absolute Gasteiger partial charge is 0.462 e. The van der Waals surface area contributed by atoms with Crippen LogP contribution in [0.4, 0.5) is 13.2 Å². The number of hydrogen-bond donors (Lipinski definition) is 0.